The number of rotatable bonds is 2. The summed E-state index contributed by atoms with van der Waals surface area (Å²) in [6.07, 6.45) is 2.04. The molecule has 1 fully saturated rings. The molecular formula is C13H19NO. The van der Waals surface area contributed by atoms with E-state index < -0.39 is 0 Å². The van der Waals surface area contributed by atoms with E-state index in [1.54, 1.807) is 0 Å². The molecule has 2 heteroatoms. The highest BCUT2D eigenvalue weighted by Crippen LogP contribution is 2.18. The highest BCUT2D eigenvalue weighted by molar-refractivity contribution is 5.21. The summed E-state index contributed by atoms with van der Waals surface area (Å²) < 4.78 is 5.47. The molecule has 1 aromatic rings. The van der Waals surface area contributed by atoms with Gasteiger partial charge in [0.15, 0.2) is 0 Å². The van der Waals surface area contributed by atoms with Crippen LogP contribution in [0.2, 0.25) is 0 Å². The second-order valence-corrected chi connectivity index (χ2v) is 4.48. The second-order valence-electron chi connectivity index (χ2n) is 4.48. The van der Waals surface area contributed by atoms with E-state index in [1.807, 2.05) is 0 Å². The summed E-state index contributed by atoms with van der Waals surface area (Å²) >= 11 is 0. The van der Waals surface area contributed by atoms with E-state index in [9.17, 15) is 0 Å². The van der Waals surface area contributed by atoms with E-state index in [1.165, 1.54) is 11.1 Å². The third-order valence-corrected chi connectivity index (χ3v) is 3.15. The van der Waals surface area contributed by atoms with E-state index in [0.29, 0.717) is 12.0 Å². The van der Waals surface area contributed by atoms with Gasteiger partial charge in [0.05, 0.1) is 6.61 Å². The van der Waals surface area contributed by atoms with Crippen molar-refractivity contribution in [3.05, 3.63) is 35.4 Å². The lowest BCUT2D eigenvalue weighted by atomic mass is 9.90. The molecule has 2 N–H and O–H groups in total. The third kappa shape index (κ3) is 2.80. The van der Waals surface area contributed by atoms with Gasteiger partial charge in [-0.05, 0) is 25.3 Å². The quantitative estimate of drug-likeness (QED) is 0.800. The predicted octanol–water partition coefficient (Wildman–Crippen LogP) is 1.90. The average Bonchev–Trinajstić information content (AvgIpc) is 2.25. The van der Waals surface area contributed by atoms with E-state index >= 15 is 0 Å². The van der Waals surface area contributed by atoms with Gasteiger partial charge in [-0.3, -0.25) is 0 Å². The molecule has 0 saturated carbocycles. The molecule has 1 saturated heterocycles. The normalized spacial score (nSPS) is 26.5. The van der Waals surface area contributed by atoms with E-state index in [0.717, 1.165) is 26.1 Å². The molecule has 2 atom stereocenters. The van der Waals surface area contributed by atoms with Gasteiger partial charge in [0.25, 0.3) is 0 Å². The first kappa shape index (κ1) is 10.7. The van der Waals surface area contributed by atoms with E-state index in [4.69, 9.17) is 10.5 Å². The lowest BCUT2D eigenvalue weighted by Crippen LogP contribution is -2.39. The number of ether oxygens (including phenoxy) is 1. The SMILES string of the molecule is Cc1ccc(C[C@H]2COCC[C@@H]2N)cc1. The molecule has 0 spiro atoms. The summed E-state index contributed by atoms with van der Waals surface area (Å²) in [7, 11) is 0. The third-order valence-electron chi connectivity index (χ3n) is 3.15. The standard InChI is InChI=1S/C13H19NO/c1-10-2-4-11(5-3-10)8-12-9-15-7-6-13(12)14/h2-5,12-13H,6-9,14H2,1H3/t12-,13-/m0/s1. The summed E-state index contributed by atoms with van der Waals surface area (Å²) in [5.74, 6) is 0.487. The van der Waals surface area contributed by atoms with Crippen LogP contribution in [0, 0.1) is 12.8 Å². The van der Waals surface area contributed by atoms with Crippen LogP contribution in [0.5, 0.6) is 0 Å². The Labute approximate surface area is 91.4 Å². The molecule has 0 radical (unpaired) electrons. The number of benzene rings is 1. The van der Waals surface area contributed by atoms with Crippen LogP contribution < -0.4 is 5.73 Å². The first-order valence-electron chi connectivity index (χ1n) is 5.64. The predicted molar refractivity (Wildman–Crippen MR) is 61.8 cm³/mol. The van der Waals surface area contributed by atoms with Gasteiger partial charge in [-0.1, -0.05) is 29.8 Å². The fraction of sp³-hybridized carbons (Fsp3) is 0.538. The summed E-state index contributed by atoms with van der Waals surface area (Å²) in [5, 5.41) is 0. The highest BCUT2D eigenvalue weighted by atomic mass is 16.5. The smallest absolute Gasteiger partial charge is 0.0512 e. The molecule has 2 rings (SSSR count). The van der Waals surface area contributed by atoms with Gasteiger partial charge in [0.2, 0.25) is 0 Å². The fourth-order valence-electron chi connectivity index (χ4n) is 2.05. The zero-order valence-corrected chi connectivity index (χ0v) is 9.28. The van der Waals surface area contributed by atoms with Crippen LogP contribution in [0.3, 0.4) is 0 Å². The number of hydrogen-bond acceptors (Lipinski definition) is 2. The van der Waals surface area contributed by atoms with Crippen LogP contribution in [0.4, 0.5) is 0 Å². The number of aryl methyl sites for hydroxylation is 1. The Balaban J connectivity index is 1.98. The van der Waals surface area contributed by atoms with Gasteiger partial charge in [-0.2, -0.15) is 0 Å². The van der Waals surface area contributed by atoms with Gasteiger partial charge in [-0.15, -0.1) is 0 Å². The van der Waals surface area contributed by atoms with Crippen molar-refractivity contribution in [2.45, 2.75) is 25.8 Å². The minimum atomic E-state index is 0.306. The summed E-state index contributed by atoms with van der Waals surface area (Å²) in [4.78, 5) is 0. The second kappa shape index (κ2) is 4.77. The van der Waals surface area contributed by atoms with Crippen molar-refractivity contribution in [2.24, 2.45) is 11.7 Å². The Hall–Kier alpha value is -0.860. The summed E-state index contributed by atoms with van der Waals surface area (Å²) in [6.45, 7) is 3.75. The maximum Gasteiger partial charge on any atom is 0.0512 e. The van der Waals surface area contributed by atoms with E-state index in [2.05, 4.69) is 31.2 Å². The molecule has 15 heavy (non-hydrogen) atoms. The van der Waals surface area contributed by atoms with Gasteiger partial charge in [0, 0.05) is 18.6 Å². The van der Waals surface area contributed by atoms with Crippen LogP contribution >= 0.6 is 0 Å². The van der Waals surface area contributed by atoms with Gasteiger partial charge < -0.3 is 10.5 Å². The lowest BCUT2D eigenvalue weighted by Gasteiger charge is -2.28. The number of hydrogen-bond donors (Lipinski definition) is 1. The number of nitrogens with two attached hydrogens (primary N) is 1. The zero-order chi connectivity index (χ0) is 10.7. The Morgan fingerprint density at radius 3 is 2.73 bits per heavy atom. The van der Waals surface area contributed by atoms with Crippen LogP contribution in [-0.4, -0.2) is 19.3 Å². The Bertz CT molecular complexity index is 307. The average molecular weight is 205 g/mol. The fourth-order valence-corrected chi connectivity index (χ4v) is 2.05. The van der Waals surface area contributed by atoms with Crippen LogP contribution in [0.15, 0.2) is 24.3 Å². The van der Waals surface area contributed by atoms with Crippen molar-refractivity contribution in [2.75, 3.05) is 13.2 Å². The highest BCUT2D eigenvalue weighted by Gasteiger charge is 2.22. The maximum absolute atomic E-state index is 6.08. The molecule has 1 aromatic carbocycles. The minimum absolute atomic E-state index is 0.306. The Morgan fingerprint density at radius 1 is 1.33 bits per heavy atom. The maximum atomic E-state index is 6.08. The van der Waals surface area contributed by atoms with Crippen LogP contribution in [0.1, 0.15) is 17.5 Å². The summed E-state index contributed by atoms with van der Waals surface area (Å²) in [5.41, 5.74) is 8.75. The molecule has 1 aliphatic heterocycles. The Morgan fingerprint density at radius 2 is 2.07 bits per heavy atom. The molecule has 2 nitrogen and oxygen atoms in total. The monoisotopic (exact) mass is 205 g/mol. The van der Waals surface area contributed by atoms with Gasteiger partial charge in [-0.25, -0.2) is 0 Å². The topological polar surface area (TPSA) is 35.2 Å². The summed E-state index contributed by atoms with van der Waals surface area (Å²) in [6, 6.07) is 9.00. The van der Waals surface area contributed by atoms with Crippen LogP contribution in [-0.2, 0) is 11.2 Å². The van der Waals surface area contributed by atoms with Crippen LogP contribution in [0.25, 0.3) is 0 Å². The van der Waals surface area contributed by atoms with Gasteiger partial charge in [0.1, 0.15) is 0 Å². The van der Waals surface area contributed by atoms with Crippen molar-refractivity contribution in [3.63, 3.8) is 0 Å². The largest absolute Gasteiger partial charge is 0.381 e. The Kier molecular flexibility index (Phi) is 3.39. The van der Waals surface area contributed by atoms with Gasteiger partial charge >= 0.3 is 0 Å². The molecule has 0 aliphatic carbocycles. The van der Waals surface area contributed by atoms with Crippen molar-refractivity contribution in [1.29, 1.82) is 0 Å². The van der Waals surface area contributed by atoms with Crippen molar-refractivity contribution < 1.29 is 4.74 Å². The first-order valence-corrected chi connectivity index (χ1v) is 5.64. The molecule has 82 valence electrons. The van der Waals surface area contributed by atoms with Crippen molar-refractivity contribution in [3.8, 4) is 0 Å². The molecule has 0 aromatic heterocycles. The zero-order valence-electron chi connectivity index (χ0n) is 9.28. The molecular weight excluding hydrogens is 186 g/mol. The molecule has 0 amide bonds. The first-order chi connectivity index (χ1) is 7.25. The molecule has 1 aliphatic rings. The molecule has 0 unspecified atom stereocenters. The van der Waals surface area contributed by atoms with Crippen molar-refractivity contribution >= 4 is 0 Å². The lowest BCUT2D eigenvalue weighted by molar-refractivity contribution is 0.0422. The molecule has 1 heterocycles. The molecule has 0 bridgehead atoms. The van der Waals surface area contributed by atoms with Crippen molar-refractivity contribution in [1.82, 2.24) is 0 Å². The van der Waals surface area contributed by atoms with E-state index in [-0.39, 0.29) is 0 Å². The minimum Gasteiger partial charge on any atom is -0.381 e.